The van der Waals surface area contributed by atoms with Gasteiger partial charge in [0.25, 0.3) is 0 Å². The molecular weight excluding hydrogens is 380 g/mol. The van der Waals surface area contributed by atoms with Crippen LogP contribution >= 0.6 is 11.6 Å². The van der Waals surface area contributed by atoms with Gasteiger partial charge in [-0.15, -0.1) is 0 Å². The Balaban J connectivity index is 1.60. The number of rotatable bonds is 5. The van der Waals surface area contributed by atoms with Crippen molar-refractivity contribution in [2.45, 2.75) is 25.7 Å². The van der Waals surface area contributed by atoms with Gasteiger partial charge in [-0.1, -0.05) is 89.5 Å². The van der Waals surface area contributed by atoms with Crippen molar-refractivity contribution in [2.24, 2.45) is 11.0 Å². The molecule has 0 heterocycles. The second-order valence-corrected chi connectivity index (χ2v) is 8.13. The van der Waals surface area contributed by atoms with E-state index in [2.05, 4.69) is 72.9 Å². The van der Waals surface area contributed by atoms with Gasteiger partial charge in [-0.05, 0) is 37.5 Å². The number of amides is 1. The summed E-state index contributed by atoms with van der Waals surface area (Å²) >= 11 is 6.15. The molecule has 1 fully saturated rings. The van der Waals surface area contributed by atoms with Crippen molar-refractivity contribution in [1.29, 1.82) is 0 Å². The van der Waals surface area contributed by atoms with E-state index in [-0.39, 0.29) is 17.2 Å². The second-order valence-electron chi connectivity index (χ2n) is 7.72. The Morgan fingerprint density at radius 2 is 1.62 bits per heavy atom. The molecule has 1 aliphatic rings. The summed E-state index contributed by atoms with van der Waals surface area (Å²) in [7, 11) is 0. The van der Waals surface area contributed by atoms with Crippen LogP contribution in [0.2, 0.25) is 5.02 Å². The minimum absolute atomic E-state index is 0.0729. The molecule has 29 heavy (non-hydrogen) atoms. The first-order chi connectivity index (χ1) is 14.0. The number of nitrogens with zero attached hydrogens (tertiary/aromatic N) is 1. The van der Waals surface area contributed by atoms with E-state index in [0.29, 0.717) is 5.02 Å². The molecule has 1 saturated carbocycles. The van der Waals surface area contributed by atoms with Gasteiger partial charge < -0.3 is 0 Å². The Bertz CT molecular complexity index is 1040. The number of carbonyl (C=O) groups is 1. The van der Waals surface area contributed by atoms with Crippen LogP contribution in [0.3, 0.4) is 0 Å². The molecule has 0 unspecified atom stereocenters. The number of nitrogens with one attached hydrogen (secondary N) is 1. The maximum Gasteiger partial charge on any atom is 0.244 e. The maximum absolute atomic E-state index is 13.0. The highest BCUT2D eigenvalue weighted by atomic mass is 35.5. The first-order valence-electron chi connectivity index (χ1n) is 9.72. The Kier molecular flexibility index (Phi) is 5.25. The number of halogens is 1. The summed E-state index contributed by atoms with van der Waals surface area (Å²) in [5.74, 6) is -0.231. The number of hydrazone groups is 1. The molecule has 4 rings (SSSR count). The van der Waals surface area contributed by atoms with E-state index in [4.69, 9.17) is 11.6 Å². The minimum atomic E-state index is -0.304. The molecule has 0 saturated heterocycles. The number of carbonyl (C=O) groups excluding carboxylic acids is 1. The smallest absolute Gasteiger partial charge is 0.244 e. The highest BCUT2D eigenvalue weighted by Gasteiger charge is 2.60. The third-order valence-electron chi connectivity index (χ3n) is 5.63. The Hall–Kier alpha value is -2.91. The fourth-order valence-electron chi connectivity index (χ4n) is 4.05. The van der Waals surface area contributed by atoms with Gasteiger partial charge in [-0.25, -0.2) is 5.43 Å². The van der Waals surface area contributed by atoms with Crippen molar-refractivity contribution in [3.05, 3.63) is 106 Å². The highest BCUT2D eigenvalue weighted by Crippen LogP contribution is 2.59. The van der Waals surface area contributed by atoms with E-state index in [9.17, 15) is 4.79 Å². The fraction of sp³-hybridized carbons (Fsp3) is 0.200. The summed E-state index contributed by atoms with van der Waals surface area (Å²) < 4.78 is 0. The standard InChI is InChI=1S/C25H23ClN2O/c1-17-7-5-10-20(13-17)25(21-11-6-8-18(2)14-21)15-22(25)24(29)28-27-16-19-9-3-4-12-23(19)26/h3-14,16,22H,15H2,1-2H3,(H,28,29)/b27-16-/t22-/m1/s1. The molecule has 3 aromatic rings. The molecule has 3 nitrogen and oxygen atoms in total. The summed E-state index contributed by atoms with van der Waals surface area (Å²) in [5, 5.41) is 4.75. The van der Waals surface area contributed by atoms with Crippen molar-refractivity contribution >= 4 is 23.7 Å². The topological polar surface area (TPSA) is 41.5 Å². The van der Waals surface area contributed by atoms with Gasteiger partial charge in [0.05, 0.1) is 12.1 Å². The summed E-state index contributed by atoms with van der Waals surface area (Å²) in [5.41, 5.74) is 7.93. The lowest BCUT2D eigenvalue weighted by atomic mass is 9.84. The lowest BCUT2D eigenvalue weighted by Crippen LogP contribution is -2.25. The number of hydrogen-bond acceptors (Lipinski definition) is 2. The molecule has 4 heteroatoms. The Morgan fingerprint density at radius 3 is 2.21 bits per heavy atom. The van der Waals surface area contributed by atoms with Crippen LogP contribution in [0.4, 0.5) is 0 Å². The average Bonchev–Trinajstić information content (AvgIpc) is 3.47. The van der Waals surface area contributed by atoms with Crippen LogP contribution < -0.4 is 5.43 Å². The zero-order chi connectivity index (χ0) is 20.4. The molecule has 1 atom stereocenters. The summed E-state index contributed by atoms with van der Waals surface area (Å²) in [4.78, 5) is 13.0. The van der Waals surface area contributed by atoms with E-state index in [1.807, 2.05) is 18.2 Å². The fourth-order valence-corrected chi connectivity index (χ4v) is 4.24. The van der Waals surface area contributed by atoms with E-state index >= 15 is 0 Å². The molecule has 3 aromatic carbocycles. The largest absolute Gasteiger partial charge is 0.273 e. The van der Waals surface area contributed by atoms with Crippen LogP contribution in [-0.2, 0) is 10.2 Å². The zero-order valence-electron chi connectivity index (χ0n) is 16.5. The second kappa shape index (κ2) is 7.84. The van der Waals surface area contributed by atoms with Crippen LogP contribution in [0.1, 0.15) is 34.2 Å². The van der Waals surface area contributed by atoms with Gasteiger partial charge in [-0.3, -0.25) is 4.79 Å². The third kappa shape index (κ3) is 3.83. The zero-order valence-corrected chi connectivity index (χ0v) is 17.3. The molecule has 0 bridgehead atoms. The summed E-state index contributed by atoms with van der Waals surface area (Å²) in [6, 6.07) is 24.3. The molecule has 0 radical (unpaired) electrons. The van der Waals surface area contributed by atoms with E-state index in [0.717, 1.165) is 12.0 Å². The summed E-state index contributed by atoms with van der Waals surface area (Å²) in [6.45, 7) is 4.16. The molecular formula is C25H23ClN2O. The number of aryl methyl sites for hydroxylation is 2. The quantitative estimate of drug-likeness (QED) is 0.449. The molecule has 0 spiro atoms. The minimum Gasteiger partial charge on any atom is -0.273 e. The Morgan fingerprint density at radius 1 is 1.00 bits per heavy atom. The van der Waals surface area contributed by atoms with Crippen molar-refractivity contribution in [3.8, 4) is 0 Å². The van der Waals surface area contributed by atoms with Gasteiger partial charge in [0.1, 0.15) is 0 Å². The normalized spacial score (nSPS) is 17.3. The molecule has 1 aliphatic carbocycles. The monoisotopic (exact) mass is 402 g/mol. The van der Waals surface area contributed by atoms with Gasteiger partial charge in [0.15, 0.2) is 0 Å². The molecule has 1 N–H and O–H groups in total. The van der Waals surface area contributed by atoms with Gasteiger partial charge in [0.2, 0.25) is 5.91 Å². The first-order valence-corrected chi connectivity index (χ1v) is 10.1. The predicted octanol–water partition coefficient (Wildman–Crippen LogP) is 5.41. The van der Waals surface area contributed by atoms with Gasteiger partial charge in [-0.2, -0.15) is 5.10 Å². The number of hydrogen-bond donors (Lipinski definition) is 1. The maximum atomic E-state index is 13.0. The van der Waals surface area contributed by atoms with E-state index < -0.39 is 0 Å². The summed E-state index contributed by atoms with van der Waals surface area (Å²) in [6.07, 6.45) is 2.36. The molecule has 146 valence electrons. The lowest BCUT2D eigenvalue weighted by molar-refractivity contribution is -0.122. The van der Waals surface area contributed by atoms with Crippen LogP contribution in [0.5, 0.6) is 0 Å². The lowest BCUT2D eigenvalue weighted by Gasteiger charge is -2.19. The predicted molar refractivity (Wildman–Crippen MR) is 118 cm³/mol. The van der Waals surface area contributed by atoms with Crippen LogP contribution in [-0.4, -0.2) is 12.1 Å². The number of benzene rings is 3. The van der Waals surface area contributed by atoms with Crippen LogP contribution in [0.25, 0.3) is 0 Å². The van der Waals surface area contributed by atoms with Crippen molar-refractivity contribution in [1.82, 2.24) is 5.43 Å². The molecule has 0 aromatic heterocycles. The van der Waals surface area contributed by atoms with Crippen LogP contribution in [0.15, 0.2) is 77.9 Å². The highest BCUT2D eigenvalue weighted by molar-refractivity contribution is 6.33. The first kappa shape index (κ1) is 19.4. The van der Waals surface area contributed by atoms with E-state index in [1.165, 1.54) is 22.3 Å². The third-order valence-corrected chi connectivity index (χ3v) is 5.97. The van der Waals surface area contributed by atoms with Crippen molar-refractivity contribution in [3.63, 3.8) is 0 Å². The molecule has 1 amide bonds. The van der Waals surface area contributed by atoms with Gasteiger partial charge >= 0.3 is 0 Å². The van der Waals surface area contributed by atoms with Crippen molar-refractivity contribution in [2.75, 3.05) is 0 Å². The van der Waals surface area contributed by atoms with Crippen molar-refractivity contribution < 1.29 is 4.79 Å². The average molecular weight is 403 g/mol. The van der Waals surface area contributed by atoms with Gasteiger partial charge in [0, 0.05) is 16.0 Å². The Labute approximate surface area is 176 Å². The van der Waals surface area contributed by atoms with Crippen LogP contribution in [0, 0.1) is 19.8 Å². The van der Waals surface area contributed by atoms with E-state index in [1.54, 1.807) is 12.3 Å². The SMILES string of the molecule is Cc1cccc(C2(c3cccc(C)c3)C[C@@H]2C(=O)N/N=C\c2ccccc2Cl)c1. The molecule has 0 aliphatic heterocycles.